The lowest BCUT2D eigenvalue weighted by Crippen LogP contribution is -3.00. The molecule has 1 aliphatic heterocycles. The van der Waals surface area contributed by atoms with Crippen molar-refractivity contribution in [1.29, 1.82) is 0 Å². The smallest absolute Gasteiger partial charge is 0.279 e. The Bertz CT molecular complexity index is 723. The number of halogens is 2. The van der Waals surface area contributed by atoms with Gasteiger partial charge < -0.3 is 26.8 Å². The summed E-state index contributed by atoms with van der Waals surface area (Å²) in [5.41, 5.74) is 2.32. The fourth-order valence-corrected chi connectivity index (χ4v) is 3.98. The van der Waals surface area contributed by atoms with Gasteiger partial charge in [-0.3, -0.25) is 4.79 Å². The second-order valence-electron chi connectivity index (χ2n) is 7.48. The molecule has 1 amide bonds. The number of likely N-dealkylation sites (tertiary alicyclic amines) is 1. The zero-order chi connectivity index (χ0) is 18.4. The predicted octanol–water partition coefficient (Wildman–Crippen LogP) is 1.67. The quantitative estimate of drug-likeness (QED) is 0.712. The molecule has 1 fully saturated rings. The summed E-state index contributed by atoms with van der Waals surface area (Å²) >= 11 is 0. The lowest BCUT2D eigenvalue weighted by atomic mass is 10.1. The number of anilines is 1. The molecule has 2 aromatic carbocycles. The van der Waals surface area contributed by atoms with Crippen molar-refractivity contribution in [2.24, 2.45) is 0 Å². The Kier molecular flexibility index (Phi) is 7.99. The van der Waals surface area contributed by atoms with Crippen molar-refractivity contribution in [3.63, 3.8) is 0 Å². The average molecular weight is 435 g/mol. The number of benzene rings is 2. The lowest BCUT2D eigenvalue weighted by Gasteiger charge is -2.37. The van der Waals surface area contributed by atoms with E-state index < -0.39 is 0 Å². The Morgan fingerprint density at radius 2 is 1.67 bits per heavy atom. The summed E-state index contributed by atoms with van der Waals surface area (Å²) in [6.07, 6.45) is 4.73. The minimum Gasteiger partial charge on any atom is -1.00 e. The first kappa shape index (κ1) is 21.6. The SMILES string of the molecule is Cc1cccc(F)c1NC(=O)C[N+]1(Cc2ccccc2)CCCCCC1.[Br-]. The summed E-state index contributed by atoms with van der Waals surface area (Å²) in [6.45, 7) is 5.06. The normalized spacial score (nSPS) is 16.1. The van der Waals surface area contributed by atoms with E-state index in [0.29, 0.717) is 12.2 Å². The predicted molar refractivity (Wildman–Crippen MR) is 103 cm³/mol. The summed E-state index contributed by atoms with van der Waals surface area (Å²) in [6, 6.07) is 15.2. The first-order chi connectivity index (χ1) is 12.6. The van der Waals surface area contributed by atoms with Crippen molar-refractivity contribution in [2.45, 2.75) is 39.2 Å². The van der Waals surface area contributed by atoms with E-state index in [4.69, 9.17) is 0 Å². The fourth-order valence-electron chi connectivity index (χ4n) is 3.98. The molecule has 1 N–H and O–H groups in total. The highest BCUT2D eigenvalue weighted by Crippen LogP contribution is 2.24. The molecule has 5 heteroatoms. The molecule has 0 aliphatic carbocycles. The third-order valence-corrected chi connectivity index (χ3v) is 5.34. The van der Waals surface area contributed by atoms with Crippen LogP contribution in [-0.2, 0) is 11.3 Å². The molecule has 0 saturated carbocycles. The first-order valence-corrected chi connectivity index (χ1v) is 9.52. The van der Waals surface area contributed by atoms with E-state index in [-0.39, 0.29) is 28.7 Å². The number of amides is 1. The van der Waals surface area contributed by atoms with Crippen LogP contribution in [0.15, 0.2) is 48.5 Å². The zero-order valence-corrected chi connectivity index (χ0v) is 17.5. The van der Waals surface area contributed by atoms with Gasteiger partial charge in [0.25, 0.3) is 5.91 Å². The van der Waals surface area contributed by atoms with Crippen LogP contribution in [0.3, 0.4) is 0 Å². The maximum absolute atomic E-state index is 14.1. The molecule has 1 saturated heterocycles. The fraction of sp³-hybridized carbons (Fsp3) is 0.409. The summed E-state index contributed by atoms with van der Waals surface area (Å²) in [5, 5.41) is 2.83. The number of para-hydroxylation sites is 1. The molecule has 2 aromatic rings. The van der Waals surface area contributed by atoms with E-state index in [0.717, 1.165) is 42.5 Å². The van der Waals surface area contributed by atoms with Crippen LogP contribution in [0, 0.1) is 12.7 Å². The Labute approximate surface area is 171 Å². The second-order valence-corrected chi connectivity index (χ2v) is 7.48. The molecule has 0 atom stereocenters. The topological polar surface area (TPSA) is 29.1 Å². The Morgan fingerprint density at radius 1 is 1.00 bits per heavy atom. The highest BCUT2D eigenvalue weighted by Gasteiger charge is 2.32. The average Bonchev–Trinajstić information content (AvgIpc) is 2.85. The highest BCUT2D eigenvalue weighted by atomic mass is 79.9. The Morgan fingerprint density at radius 3 is 2.30 bits per heavy atom. The van der Waals surface area contributed by atoms with E-state index in [1.165, 1.54) is 24.5 Å². The number of carbonyl (C=O) groups is 1. The number of quaternary nitrogens is 1. The first-order valence-electron chi connectivity index (χ1n) is 9.52. The molecule has 0 aromatic heterocycles. The maximum atomic E-state index is 14.1. The molecule has 0 bridgehead atoms. The minimum atomic E-state index is -0.371. The molecule has 3 nitrogen and oxygen atoms in total. The monoisotopic (exact) mass is 434 g/mol. The van der Waals surface area contributed by atoms with Gasteiger partial charge in [0.15, 0.2) is 6.54 Å². The molecule has 0 unspecified atom stereocenters. The van der Waals surface area contributed by atoms with Gasteiger partial charge in [-0.2, -0.15) is 0 Å². The third kappa shape index (κ3) is 5.88. The Hall–Kier alpha value is -1.72. The number of nitrogens with one attached hydrogen (secondary N) is 1. The van der Waals surface area contributed by atoms with Crippen molar-refractivity contribution < 1.29 is 30.6 Å². The van der Waals surface area contributed by atoms with Crippen LogP contribution in [0.5, 0.6) is 0 Å². The molecule has 1 heterocycles. The van der Waals surface area contributed by atoms with Gasteiger partial charge in [-0.15, -0.1) is 0 Å². The van der Waals surface area contributed by atoms with Gasteiger partial charge in [-0.25, -0.2) is 4.39 Å². The molecule has 0 radical (unpaired) electrons. The third-order valence-electron chi connectivity index (χ3n) is 5.34. The van der Waals surface area contributed by atoms with E-state index >= 15 is 0 Å². The molecular weight excluding hydrogens is 407 g/mol. The highest BCUT2D eigenvalue weighted by molar-refractivity contribution is 5.92. The summed E-state index contributed by atoms with van der Waals surface area (Å²) < 4.78 is 14.8. The van der Waals surface area contributed by atoms with Gasteiger partial charge in [0.1, 0.15) is 12.4 Å². The van der Waals surface area contributed by atoms with Gasteiger partial charge >= 0.3 is 0 Å². The van der Waals surface area contributed by atoms with Crippen LogP contribution < -0.4 is 22.3 Å². The second kappa shape index (κ2) is 10.00. The van der Waals surface area contributed by atoms with Gasteiger partial charge in [0, 0.05) is 5.56 Å². The number of aryl methyl sites for hydroxylation is 1. The van der Waals surface area contributed by atoms with Crippen LogP contribution in [0.25, 0.3) is 0 Å². The minimum absolute atomic E-state index is 0. The van der Waals surface area contributed by atoms with Crippen molar-refractivity contribution in [2.75, 3.05) is 25.0 Å². The number of hydrogen-bond acceptors (Lipinski definition) is 1. The number of carbonyl (C=O) groups excluding carboxylic acids is 1. The zero-order valence-electron chi connectivity index (χ0n) is 15.9. The molecule has 3 rings (SSSR count). The molecule has 1 aliphatic rings. The largest absolute Gasteiger partial charge is 1.00 e. The number of hydrogen-bond donors (Lipinski definition) is 1. The lowest BCUT2D eigenvalue weighted by molar-refractivity contribution is -0.932. The van der Waals surface area contributed by atoms with Crippen LogP contribution >= 0.6 is 0 Å². The number of nitrogens with zero attached hydrogens (tertiary/aromatic N) is 1. The molecule has 27 heavy (non-hydrogen) atoms. The molecular formula is C22H28BrFN2O. The summed E-state index contributed by atoms with van der Waals surface area (Å²) in [5.74, 6) is -0.472. The van der Waals surface area contributed by atoms with Crippen molar-refractivity contribution >= 4 is 11.6 Å². The van der Waals surface area contributed by atoms with E-state index in [1.54, 1.807) is 6.07 Å². The standard InChI is InChI=1S/C22H27FN2O.BrH/c1-18-10-9-13-20(23)22(18)24-21(26)17-25(14-7-2-3-8-15-25)16-19-11-5-4-6-12-19;/h4-6,9-13H,2-3,7-8,14-17H2,1H3;1H. The van der Waals surface area contributed by atoms with Crippen molar-refractivity contribution in [1.82, 2.24) is 0 Å². The maximum Gasteiger partial charge on any atom is 0.279 e. The van der Waals surface area contributed by atoms with Crippen molar-refractivity contribution in [3.05, 3.63) is 65.5 Å². The van der Waals surface area contributed by atoms with Gasteiger partial charge in [0.05, 0.1) is 18.8 Å². The van der Waals surface area contributed by atoms with Crippen LogP contribution in [0.1, 0.15) is 36.8 Å². The van der Waals surface area contributed by atoms with Crippen LogP contribution in [0.2, 0.25) is 0 Å². The van der Waals surface area contributed by atoms with Crippen LogP contribution in [-0.4, -0.2) is 30.0 Å². The van der Waals surface area contributed by atoms with Gasteiger partial charge in [-0.1, -0.05) is 42.5 Å². The van der Waals surface area contributed by atoms with Gasteiger partial charge in [0.2, 0.25) is 0 Å². The van der Waals surface area contributed by atoms with E-state index in [9.17, 15) is 9.18 Å². The van der Waals surface area contributed by atoms with Gasteiger partial charge in [-0.05, 0) is 44.2 Å². The van der Waals surface area contributed by atoms with E-state index in [1.807, 2.05) is 31.2 Å². The summed E-state index contributed by atoms with van der Waals surface area (Å²) in [7, 11) is 0. The summed E-state index contributed by atoms with van der Waals surface area (Å²) in [4.78, 5) is 12.8. The number of rotatable bonds is 5. The van der Waals surface area contributed by atoms with Crippen molar-refractivity contribution in [3.8, 4) is 0 Å². The van der Waals surface area contributed by atoms with E-state index in [2.05, 4.69) is 17.4 Å². The Balaban J connectivity index is 0.00000261. The van der Waals surface area contributed by atoms with Crippen LogP contribution in [0.4, 0.5) is 10.1 Å². The molecule has 0 spiro atoms. The molecule has 146 valence electrons.